The maximum absolute atomic E-state index is 13.0. The van der Waals surface area contributed by atoms with E-state index in [1.807, 2.05) is 60.7 Å². The van der Waals surface area contributed by atoms with Gasteiger partial charge >= 0.3 is 0 Å². The van der Waals surface area contributed by atoms with E-state index in [1.54, 1.807) is 10.9 Å². The monoisotopic (exact) mass is 440 g/mol. The number of aromatic nitrogens is 3. The molecule has 1 N–H and O–H groups in total. The van der Waals surface area contributed by atoms with Crippen LogP contribution in [0.15, 0.2) is 78.9 Å². The first-order valence-corrected chi connectivity index (χ1v) is 10.8. The van der Waals surface area contributed by atoms with Crippen LogP contribution in [0.3, 0.4) is 0 Å². The van der Waals surface area contributed by atoms with Crippen LogP contribution < -0.4 is 5.32 Å². The van der Waals surface area contributed by atoms with Crippen molar-refractivity contribution in [2.75, 3.05) is 5.32 Å². The average molecular weight is 441 g/mol. The summed E-state index contributed by atoms with van der Waals surface area (Å²) in [6.07, 6.45) is 0. The summed E-state index contributed by atoms with van der Waals surface area (Å²) in [5.74, 6) is 0.270. The Morgan fingerprint density at radius 2 is 1.59 bits per heavy atom. The Morgan fingerprint density at radius 1 is 0.875 bits per heavy atom. The van der Waals surface area contributed by atoms with Crippen molar-refractivity contribution in [2.45, 2.75) is 19.8 Å². The zero-order chi connectivity index (χ0) is 22.2. The molecule has 0 unspecified atom stereocenters. The second-order valence-corrected chi connectivity index (χ2v) is 8.44. The number of nitrogens with zero attached hydrogens (tertiary/aromatic N) is 3. The molecular formula is C26H21ClN4O. The minimum absolute atomic E-state index is 0.200. The number of halogens is 1. The fourth-order valence-electron chi connectivity index (χ4n) is 3.77. The summed E-state index contributed by atoms with van der Waals surface area (Å²) in [5, 5.41) is 14.4. The summed E-state index contributed by atoms with van der Waals surface area (Å²) in [4.78, 5) is 14.6. The summed E-state index contributed by atoms with van der Waals surface area (Å²) in [6.45, 7) is 4.33. The number of carbonyl (C=O) groups is 1. The van der Waals surface area contributed by atoms with Crippen LogP contribution >= 0.6 is 11.6 Å². The molecule has 0 bridgehead atoms. The lowest BCUT2D eigenvalue weighted by molar-refractivity contribution is 0.102. The fourth-order valence-corrected chi connectivity index (χ4v) is 4.01. The summed E-state index contributed by atoms with van der Waals surface area (Å²) >= 11 is 6.29. The second kappa shape index (κ2) is 8.09. The standard InChI is InChI=1S/C26H21ClN4O/c1-16(2)17-9-12-19(13-10-17)31-29-24-14-11-18(15-25(24)30-31)28-26(32)22-7-3-6-21-20(22)5-4-8-23(21)27/h3-16H,1-2H3,(H,28,32). The van der Waals surface area contributed by atoms with Gasteiger partial charge in [-0.25, -0.2) is 0 Å². The number of fused-ring (bicyclic) bond motifs is 2. The van der Waals surface area contributed by atoms with E-state index in [0.717, 1.165) is 22.0 Å². The molecule has 0 saturated heterocycles. The second-order valence-electron chi connectivity index (χ2n) is 8.03. The number of anilines is 1. The van der Waals surface area contributed by atoms with Gasteiger partial charge in [0.05, 0.1) is 5.69 Å². The number of benzene rings is 4. The highest BCUT2D eigenvalue weighted by Crippen LogP contribution is 2.27. The van der Waals surface area contributed by atoms with Gasteiger partial charge in [-0.05, 0) is 59.3 Å². The summed E-state index contributed by atoms with van der Waals surface area (Å²) in [6, 6.07) is 24.8. The van der Waals surface area contributed by atoms with Gasteiger partial charge in [0.25, 0.3) is 5.91 Å². The van der Waals surface area contributed by atoms with E-state index in [1.165, 1.54) is 5.56 Å². The Bertz CT molecular complexity index is 1450. The average Bonchev–Trinajstić information content (AvgIpc) is 3.22. The smallest absolute Gasteiger partial charge is 0.256 e. The SMILES string of the molecule is CC(C)c1ccc(-n2nc3ccc(NC(=O)c4cccc5c(Cl)cccc45)cc3n2)cc1. The predicted octanol–water partition coefficient (Wildman–Crippen LogP) is 6.60. The first kappa shape index (κ1) is 20.2. The number of hydrogen-bond donors (Lipinski definition) is 1. The zero-order valence-corrected chi connectivity index (χ0v) is 18.5. The van der Waals surface area contributed by atoms with Crippen molar-refractivity contribution in [3.05, 3.63) is 95.0 Å². The highest BCUT2D eigenvalue weighted by molar-refractivity contribution is 6.36. The molecule has 0 fully saturated rings. The molecule has 5 aromatic rings. The molecule has 158 valence electrons. The van der Waals surface area contributed by atoms with Gasteiger partial charge in [0.15, 0.2) is 0 Å². The van der Waals surface area contributed by atoms with E-state index in [9.17, 15) is 4.79 Å². The lowest BCUT2D eigenvalue weighted by Crippen LogP contribution is -2.12. The molecule has 0 aliphatic carbocycles. The lowest BCUT2D eigenvalue weighted by atomic mass is 10.0. The van der Waals surface area contributed by atoms with Crippen molar-refractivity contribution in [3.8, 4) is 5.69 Å². The van der Waals surface area contributed by atoms with E-state index in [0.29, 0.717) is 27.7 Å². The number of amides is 1. The van der Waals surface area contributed by atoms with Crippen LogP contribution in [0.4, 0.5) is 5.69 Å². The number of rotatable bonds is 4. The molecule has 0 radical (unpaired) electrons. The van der Waals surface area contributed by atoms with Crippen LogP contribution in [-0.2, 0) is 0 Å². The molecule has 0 saturated carbocycles. The minimum atomic E-state index is -0.200. The predicted molar refractivity (Wildman–Crippen MR) is 130 cm³/mol. The zero-order valence-electron chi connectivity index (χ0n) is 17.7. The van der Waals surface area contributed by atoms with Crippen molar-refractivity contribution in [1.82, 2.24) is 15.0 Å². The molecule has 1 heterocycles. The number of hydrogen-bond acceptors (Lipinski definition) is 3. The number of nitrogens with one attached hydrogen (secondary N) is 1. The molecular weight excluding hydrogens is 420 g/mol. The molecule has 5 rings (SSSR count). The molecule has 0 atom stereocenters. The highest BCUT2D eigenvalue weighted by Gasteiger charge is 2.13. The first-order valence-electron chi connectivity index (χ1n) is 10.5. The largest absolute Gasteiger partial charge is 0.322 e. The van der Waals surface area contributed by atoms with Gasteiger partial charge in [-0.2, -0.15) is 4.80 Å². The Morgan fingerprint density at radius 3 is 2.38 bits per heavy atom. The van der Waals surface area contributed by atoms with Crippen molar-refractivity contribution in [2.24, 2.45) is 0 Å². The first-order chi connectivity index (χ1) is 15.5. The van der Waals surface area contributed by atoms with Crippen LogP contribution in [0.5, 0.6) is 0 Å². The topological polar surface area (TPSA) is 59.8 Å². The van der Waals surface area contributed by atoms with Crippen molar-refractivity contribution in [3.63, 3.8) is 0 Å². The van der Waals surface area contributed by atoms with E-state index in [2.05, 4.69) is 41.5 Å². The van der Waals surface area contributed by atoms with Crippen LogP contribution in [0.25, 0.3) is 27.5 Å². The Labute approximate surface area is 190 Å². The van der Waals surface area contributed by atoms with E-state index < -0.39 is 0 Å². The van der Waals surface area contributed by atoms with Crippen molar-refractivity contribution >= 4 is 45.0 Å². The molecule has 1 aromatic heterocycles. The van der Waals surface area contributed by atoms with Gasteiger partial charge in [-0.3, -0.25) is 4.79 Å². The molecule has 5 nitrogen and oxygen atoms in total. The van der Waals surface area contributed by atoms with E-state index in [4.69, 9.17) is 11.6 Å². The molecule has 1 amide bonds. The van der Waals surface area contributed by atoms with Crippen LogP contribution in [0, 0.1) is 0 Å². The Hall–Kier alpha value is -3.70. The Kier molecular flexibility index (Phi) is 5.11. The summed E-state index contributed by atoms with van der Waals surface area (Å²) < 4.78 is 0. The van der Waals surface area contributed by atoms with E-state index >= 15 is 0 Å². The lowest BCUT2D eigenvalue weighted by Gasteiger charge is -2.09. The normalized spacial score (nSPS) is 11.4. The maximum Gasteiger partial charge on any atom is 0.256 e. The molecule has 0 aliphatic rings. The van der Waals surface area contributed by atoms with Gasteiger partial charge in [-0.15, -0.1) is 10.2 Å². The third-order valence-electron chi connectivity index (χ3n) is 5.54. The molecule has 32 heavy (non-hydrogen) atoms. The van der Waals surface area contributed by atoms with Crippen LogP contribution in [-0.4, -0.2) is 20.9 Å². The molecule has 0 spiro atoms. The van der Waals surface area contributed by atoms with Gasteiger partial charge in [-0.1, -0.05) is 61.8 Å². The summed E-state index contributed by atoms with van der Waals surface area (Å²) in [7, 11) is 0. The molecule has 0 aliphatic heterocycles. The van der Waals surface area contributed by atoms with Gasteiger partial charge in [0.2, 0.25) is 0 Å². The van der Waals surface area contributed by atoms with Crippen molar-refractivity contribution < 1.29 is 4.79 Å². The fraction of sp³-hybridized carbons (Fsp3) is 0.115. The van der Waals surface area contributed by atoms with E-state index in [-0.39, 0.29) is 5.91 Å². The van der Waals surface area contributed by atoms with Crippen LogP contribution in [0.1, 0.15) is 35.7 Å². The van der Waals surface area contributed by atoms with Crippen LogP contribution in [0.2, 0.25) is 5.02 Å². The quantitative estimate of drug-likeness (QED) is 0.342. The number of carbonyl (C=O) groups excluding carboxylic acids is 1. The highest BCUT2D eigenvalue weighted by atomic mass is 35.5. The maximum atomic E-state index is 13.0. The van der Waals surface area contributed by atoms with Gasteiger partial charge in [0, 0.05) is 21.7 Å². The molecule has 4 aromatic carbocycles. The van der Waals surface area contributed by atoms with Gasteiger partial charge in [0.1, 0.15) is 11.0 Å². The van der Waals surface area contributed by atoms with Crippen molar-refractivity contribution in [1.29, 1.82) is 0 Å². The van der Waals surface area contributed by atoms with Gasteiger partial charge < -0.3 is 5.32 Å². The minimum Gasteiger partial charge on any atom is -0.322 e. The molecule has 6 heteroatoms. The Balaban J connectivity index is 1.43. The summed E-state index contributed by atoms with van der Waals surface area (Å²) in [5.41, 5.74) is 4.85. The third kappa shape index (κ3) is 3.72. The third-order valence-corrected chi connectivity index (χ3v) is 5.87.